The molecule has 4 fully saturated rings. The van der Waals surface area contributed by atoms with Gasteiger partial charge in [-0.15, -0.1) is 0 Å². The molecule has 0 saturated carbocycles. The van der Waals surface area contributed by atoms with Crippen molar-refractivity contribution in [3.63, 3.8) is 0 Å². The Kier molecular flexibility index (Phi) is 14.7. The number of ether oxygens (including phenoxy) is 13. The van der Waals surface area contributed by atoms with Crippen molar-refractivity contribution >= 4 is 12.0 Å². The van der Waals surface area contributed by atoms with E-state index in [0.717, 1.165) is 11.6 Å². The van der Waals surface area contributed by atoms with E-state index in [2.05, 4.69) is 0 Å². The van der Waals surface area contributed by atoms with Crippen molar-refractivity contribution < 1.29 is 102 Å². The fraction of sp³-hybridized carbons (Fsp3) is 0.523. The molecule has 0 radical (unpaired) electrons. The SMILES string of the molecule is COc1cc(/C=C/C(=O)OC[C@@]2(O)CO[C@@H](OC[C@H]3O[C@@H](Oc4c(OC)cc([C@H]5OC[C@H]6[C@@H]5CO[C@@H]6c5cc(OC)c(O)c(OC)c5)cc4OC)[C@H](O)[C@@H](O)[C@@H]3O)[C@@H]2O)cc(OC)c1O. The highest BCUT2D eigenvalue weighted by atomic mass is 16.7. The van der Waals surface area contributed by atoms with Gasteiger partial charge in [0.05, 0.1) is 81.3 Å². The average molecular weight is 919 g/mol. The normalized spacial score (nSPS) is 30.8. The smallest absolute Gasteiger partial charge is 0.330 e. The maximum Gasteiger partial charge on any atom is 0.330 e. The molecule has 0 unspecified atom stereocenters. The lowest BCUT2D eigenvalue weighted by Crippen LogP contribution is -2.60. The van der Waals surface area contributed by atoms with Gasteiger partial charge in [0.1, 0.15) is 37.1 Å². The van der Waals surface area contributed by atoms with Crippen LogP contribution < -0.4 is 33.2 Å². The van der Waals surface area contributed by atoms with Crippen LogP contribution >= 0.6 is 0 Å². The van der Waals surface area contributed by atoms with E-state index in [9.17, 15) is 40.5 Å². The Morgan fingerprint density at radius 3 is 1.68 bits per heavy atom. The van der Waals surface area contributed by atoms with E-state index >= 15 is 0 Å². The zero-order valence-electron chi connectivity index (χ0n) is 36.4. The van der Waals surface area contributed by atoms with Crippen molar-refractivity contribution in [1.82, 2.24) is 0 Å². The standard InChI is InChI=1S/C44H54O21/c1-53-25-9-20(10-26(54-2)33(25)46)7-8-32(45)62-18-44(52)19-63-43(41(44)51)61-17-31-35(48)36(49)37(50)42(64-31)65-40-29(57-5)13-22(14-30(40)58-6)39-24-16-59-38(23(24)15-60-39)21-11-27(55-3)34(47)28(12-21)56-4/h7-14,23-24,31,35-39,41-43,46-52H,15-19H2,1-6H3/b8-7+/t23-,24-,31+,35+,36-,37+,38+,39+,41-,42-,43+,44+/m0/s1. The largest absolute Gasteiger partial charge is 0.502 e. The van der Waals surface area contributed by atoms with Gasteiger partial charge in [0.25, 0.3) is 0 Å². The van der Waals surface area contributed by atoms with Crippen LogP contribution in [0.15, 0.2) is 42.5 Å². The van der Waals surface area contributed by atoms with Crippen LogP contribution in [0.4, 0.5) is 0 Å². The van der Waals surface area contributed by atoms with Gasteiger partial charge in [0.2, 0.25) is 23.5 Å². The summed E-state index contributed by atoms with van der Waals surface area (Å²) in [5.41, 5.74) is -0.245. The number of aliphatic hydroxyl groups is 5. The summed E-state index contributed by atoms with van der Waals surface area (Å²) in [5, 5.41) is 75.3. The van der Waals surface area contributed by atoms with Gasteiger partial charge in [0.15, 0.2) is 46.4 Å². The number of aromatic hydroxyl groups is 2. The molecular weight excluding hydrogens is 864 g/mol. The molecule has 21 nitrogen and oxygen atoms in total. The van der Waals surface area contributed by atoms with E-state index in [1.54, 1.807) is 24.3 Å². The summed E-state index contributed by atoms with van der Waals surface area (Å²) >= 11 is 0. The predicted molar refractivity (Wildman–Crippen MR) is 220 cm³/mol. The highest BCUT2D eigenvalue weighted by molar-refractivity contribution is 5.87. The van der Waals surface area contributed by atoms with Gasteiger partial charge in [-0.3, -0.25) is 0 Å². The molecule has 3 aromatic rings. The first-order valence-electron chi connectivity index (χ1n) is 20.4. The molecule has 65 heavy (non-hydrogen) atoms. The fourth-order valence-electron chi connectivity index (χ4n) is 8.29. The van der Waals surface area contributed by atoms with Crippen LogP contribution in [0.1, 0.15) is 28.9 Å². The molecule has 7 N–H and O–H groups in total. The zero-order valence-corrected chi connectivity index (χ0v) is 36.4. The molecule has 12 atom stereocenters. The highest BCUT2D eigenvalue weighted by Gasteiger charge is 2.52. The summed E-state index contributed by atoms with van der Waals surface area (Å²) < 4.78 is 73.2. The molecule has 4 aliphatic rings. The van der Waals surface area contributed by atoms with Crippen molar-refractivity contribution in [2.24, 2.45) is 11.8 Å². The van der Waals surface area contributed by atoms with Gasteiger partial charge < -0.3 is 97.3 Å². The third-order valence-electron chi connectivity index (χ3n) is 11.9. The number of phenols is 2. The van der Waals surface area contributed by atoms with Crippen molar-refractivity contribution in [3.05, 3.63) is 59.2 Å². The van der Waals surface area contributed by atoms with E-state index in [1.807, 2.05) is 0 Å². The average Bonchev–Trinajstić information content (AvgIpc) is 4.01. The number of hydrogen-bond acceptors (Lipinski definition) is 21. The molecular formula is C44H54O21. The highest BCUT2D eigenvalue weighted by Crippen LogP contribution is 2.54. The molecule has 4 heterocycles. The molecule has 0 spiro atoms. The summed E-state index contributed by atoms with van der Waals surface area (Å²) in [6.45, 7) is -1.04. The summed E-state index contributed by atoms with van der Waals surface area (Å²) in [5.74, 6) is -0.366. The van der Waals surface area contributed by atoms with Crippen LogP contribution in [-0.4, -0.2) is 166 Å². The molecule has 0 amide bonds. The second-order valence-electron chi connectivity index (χ2n) is 15.8. The van der Waals surface area contributed by atoms with Crippen molar-refractivity contribution in [3.8, 4) is 51.7 Å². The number of aliphatic hydroxyl groups excluding tert-OH is 4. The Hall–Kier alpha value is -5.33. The second kappa shape index (κ2) is 20.0. The van der Waals surface area contributed by atoms with Crippen LogP contribution in [0.25, 0.3) is 6.08 Å². The van der Waals surface area contributed by atoms with E-state index in [4.69, 9.17) is 61.6 Å². The maximum absolute atomic E-state index is 12.5. The Morgan fingerprint density at radius 1 is 0.677 bits per heavy atom. The van der Waals surface area contributed by atoms with E-state index < -0.39 is 80.6 Å². The minimum atomic E-state index is -2.10. The van der Waals surface area contributed by atoms with Crippen molar-refractivity contribution in [2.75, 3.05) is 75.7 Å². The first-order chi connectivity index (χ1) is 31.2. The van der Waals surface area contributed by atoms with Gasteiger partial charge >= 0.3 is 5.97 Å². The molecule has 356 valence electrons. The Bertz CT molecular complexity index is 2110. The van der Waals surface area contributed by atoms with Crippen LogP contribution in [0, 0.1) is 11.8 Å². The van der Waals surface area contributed by atoms with Gasteiger partial charge in [-0.05, 0) is 59.2 Å². The monoisotopic (exact) mass is 918 g/mol. The Labute approximate surface area is 373 Å². The molecule has 7 rings (SSSR count). The van der Waals surface area contributed by atoms with E-state index in [1.165, 1.54) is 60.9 Å². The number of fused-ring (bicyclic) bond motifs is 1. The van der Waals surface area contributed by atoms with Gasteiger partial charge in [-0.25, -0.2) is 4.79 Å². The predicted octanol–water partition coefficient (Wildman–Crippen LogP) is 1.13. The number of methoxy groups -OCH3 is 6. The number of hydrogen-bond donors (Lipinski definition) is 7. The topological polar surface area (TPSA) is 279 Å². The third kappa shape index (κ3) is 9.52. The first-order valence-corrected chi connectivity index (χ1v) is 20.4. The maximum atomic E-state index is 12.5. The number of esters is 1. The molecule has 4 saturated heterocycles. The molecule has 3 aromatic carbocycles. The molecule has 21 heteroatoms. The number of phenolic OH excluding ortho intramolecular Hbond substituents is 2. The summed E-state index contributed by atoms with van der Waals surface area (Å²) in [6, 6.07) is 9.69. The number of carbonyl (C=O) groups is 1. The van der Waals surface area contributed by atoms with Crippen LogP contribution in [-0.2, 0) is 33.2 Å². The van der Waals surface area contributed by atoms with E-state index in [-0.39, 0.29) is 69.7 Å². The van der Waals surface area contributed by atoms with Crippen molar-refractivity contribution in [2.45, 2.75) is 60.9 Å². The molecule has 0 aliphatic carbocycles. The summed E-state index contributed by atoms with van der Waals surface area (Å²) in [7, 11) is 8.40. The van der Waals surface area contributed by atoms with Crippen molar-refractivity contribution in [1.29, 1.82) is 0 Å². The first kappa shape index (κ1) is 47.6. The summed E-state index contributed by atoms with van der Waals surface area (Å²) in [6.07, 6.45) is -9.94. The lowest BCUT2D eigenvalue weighted by molar-refractivity contribution is -0.289. The lowest BCUT2D eigenvalue weighted by Gasteiger charge is -2.40. The van der Waals surface area contributed by atoms with Gasteiger partial charge in [-0.1, -0.05) is 0 Å². The Morgan fingerprint density at radius 2 is 1.17 bits per heavy atom. The third-order valence-corrected chi connectivity index (χ3v) is 11.9. The summed E-state index contributed by atoms with van der Waals surface area (Å²) in [4.78, 5) is 12.5. The quantitative estimate of drug-likeness (QED) is 0.0738. The number of benzene rings is 3. The molecule has 0 aromatic heterocycles. The number of carbonyl (C=O) groups excluding carboxylic acids is 1. The Balaban J connectivity index is 0.974. The molecule has 0 bridgehead atoms. The minimum absolute atomic E-state index is 0.00374. The van der Waals surface area contributed by atoms with E-state index in [0.29, 0.717) is 24.3 Å². The second-order valence-corrected chi connectivity index (χ2v) is 15.8. The van der Waals surface area contributed by atoms with Crippen LogP contribution in [0.3, 0.4) is 0 Å². The molecule has 4 aliphatic heterocycles. The minimum Gasteiger partial charge on any atom is -0.502 e. The van der Waals surface area contributed by atoms with Crippen LogP contribution in [0.5, 0.6) is 51.7 Å². The zero-order chi connectivity index (χ0) is 46.7. The fourth-order valence-corrected chi connectivity index (χ4v) is 8.29. The number of rotatable bonds is 17. The van der Waals surface area contributed by atoms with Gasteiger partial charge in [0, 0.05) is 17.9 Å². The van der Waals surface area contributed by atoms with Gasteiger partial charge in [-0.2, -0.15) is 0 Å². The van der Waals surface area contributed by atoms with Crippen LogP contribution in [0.2, 0.25) is 0 Å². The lowest BCUT2D eigenvalue weighted by atomic mass is 9.84.